The van der Waals surface area contributed by atoms with Crippen LogP contribution in [0.3, 0.4) is 0 Å². The van der Waals surface area contributed by atoms with E-state index in [0.717, 1.165) is 148 Å². The van der Waals surface area contributed by atoms with Crippen LogP contribution in [-0.4, -0.2) is 96.7 Å². The Morgan fingerprint density at radius 1 is 0.296 bits per heavy atom. The van der Waals surface area contributed by atoms with Crippen molar-refractivity contribution in [1.29, 1.82) is 0 Å². The van der Waals surface area contributed by atoms with Gasteiger partial charge >= 0.3 is 39.5 Å². The lowest BCUT2D eigenvalue weighted by Gasteiger charge is -2.21. The van der Waals surface area contributed by atoms with Crippen molar-refractivity contribution in [3.8, 4) is 0 Å². The third kappa shape index (κ3) is 70.2. The summed E-state index contributed by atoms with van der Waals surface area (Å²) in [4.78, 5) is 72.8. The number of carbonyl (C=O) groups excluding carboxylic acids is 4. The van der Waals surface area contributed by atoms with Crippen LogP contribution in [0, 0.1) is 0 Å². The molecule has 0 heterocycles. The van der Waals surface area contributed by atoms with Crippen molar-refractivity contribution in [2.75, 3.05) is 39.6 Å². The Labute approximate surface area is 594 Å². The van der Waals surface area contributed by atoms with E-state index in [4.69, 9.17) is 37.0 Å². The van der Waals surface area contributed by atoms with Gasteiger partial charge in [0.1, 0.15) is 19.3 Å². The van der Waals surface area contributed by atoms with Crippen LogP contribution in [0.4, 0.5) is 0 Å². The number of allylic oxidation sites excluding steroid dienone is 18. The lowest BCUT2D eigenvalue weighted by Crippen LogP contribution is -2.30. The highest BCUT2D eigenvalue weighted by Gasteiger charge is 2.30. The Bertz CT molecular complexity index is 2290. The number of ether oxygens (including phenoxy) is 4. The topological polar surface area (TPSA) is 237 Å². The average Bonchev–Trinajstić information content (AvgIpc) is 0.966. The zero-order valence-corrected chi connectivity index (χ0v) is 63.2. The van der Waals surface area contributed by atoms with E-state index in [0.29, 0.717) is 32.1 Å². The van der Waals surface area contributed by atoms with Crippen LogP contribution in [0.5, 0.6) is 0 Å². The average molecular weight is 1420 g/mol. The molecule has 3 N–H and O–H groups in total. The van der Waals surface area contributed by atoms with E-state index in [1.807, 2.05) is 18.2 Å². The standard InChI is InChI=1S/C79H136O17P2/c1-5-9-13-17-21-25-29-33-34-35-36-37-38-42-44-48-52-56-60-64-77(82)90-70-75(96-79(84)66-62-58-54-50-46-41-32-28-24-20-16-12-8-4)72-94-98(87,88)92-68-73(80)67-91-97(85,86)93-71-74(95-78(83)65-61-57-53-49-45-40-31-27-23-19-15-11-7-3)69-89-76(81)63-59-55-51-47-43-39-30-26-22-18-14-10-6-2/h9,13,21,25-28,30-34,36-37,42,44,52,56,73-75,80H,5-8,10-12,14-20,22-24,29,35,38-41,43,45-51,53-55,57-72H2,1-4H3,(H,85,86)(H,87,88)/b13-9-,25-21-,30-26-,31-27-,32-28-,34-33-,37-36-,44-42-,56-52-/t73-,74+,75+/m0/s1. The minimum Gasteiger partial charge on any atom is -0.462 e. The highest BCUT2D eigenvalue weighted by Crippen LogP contribution is 2.45. The Balaban J connectivity index is 5.40. The fraction of sp³-hybridized carbons (Fsp3) is 0.722. The molecule has 0 aliphatic rings. The number of rotatable bonds is 71. The summed E-state index contributed by atoms with van der Waals surface area (Å²) in [6.07, 6.45) is 75.3. The maximum atomic E-state index is 13.1. The molecule has 19 heteroatoms. The van der Waals surface area contributed by atoms with Gasteiger partial charge in [0, 0.05) is 25.7 Å². The summed E-state index contributed by atoms with van der Waals surface area (Å²) in [5, 5.41) is 10.6. The molecular weight excluding hydrogens is 1280 g/mol. The van der Waals surface area contributed by atoms with Gasteiger partial charge in [0.15, 0.2) is 12.2 Å². The molecule has 0 aromatic rings. The molecule has 0 radical (unpaired) electrons. The second kappa shape index (κ2) is 71.1. The van der Waals surface area contributed by atoms with Crippen LogP contribution in [-0.2, 0) is 65.4 Å². The zero-order valence-electron chi connectivity index (χ0n) is 61.4. The lowest BCUT2D eigenvalue weighted by atomic mass is 10.1. The molecular formula is C79H136O17P2. The number of esters is 4. The van der Waals surface area contributed by atoms with E-state index in [1.165, 1.54) is 77.0 Å². The van der Waals surface area contributed by atoms with Crippen molar-refractivity contribution in [2.45, 2.75) is 329 Å². The van der Waals surface area contributed by atoms with Gasteiger partial charge in [-0.3, -0.25) is 37.3 Å². The van der Waals surface area contributed by atoms with Gasteiger partial charge in [-0.1, -0.05) is 253 Å². The van der Waals surface area contributed by atoms with Crippen LogP contribution in [0.1, 0.15) is 310 Å². The van der Waals surface area contributed by atoms with E-state index < -0.39 is 97.5 Å². The third-order valence-corrected chi connectivity index (χ3v) is 17.6. The molecule has 2 unspecified atom stereocenters. The fourth-order valence-corrected chi connectivity index (χ4v) is 11.5. The van der Waals surface area contributed by atoms with Crippen molar-refractivity contribution in [1.82, 2.24) is 0 Å². The Kier molecular flexibility index (Phi) is 68.0. The molecule has 0 aliphatic heterocycles. The van der Waals surface area contributed by atoms with Crippen molar-refractivity contribution in [2.24, 2.45) is 0 Å². The van der Waals surface area contributed by atoms with Crippen LogP contribution >= 0.6 is 15.6 Å². The second-order valence-corrected chi connectivity index (χ2v) is 28.1. The van der Waals surface area contributed by atoms with E-state index in [1.54, 1.807) is 0 Å². The Morgan fingerprint density at radius 3 is 0.878 bits per heavy atom. The molecule has 17 nitrogen and oxygen atoms in total. The highest BCUT2D eigenvalue weighted by molar-refractivity contribution is 7.47. The molecule has 0 saturated heterocycles. The number of phosphoric acid groups is 2. The smallest absolute Gasteiger partial charge is 0.462 e. The number of aliphatic hydroxyl groups excluding tert-OH is 1. The summed E-state index contributed by atoms with van der Waals surface area (Å²) in [5.41, 5.74) is 0. The van der Waals surface area contributed by atoms with Crippen LogP contribution < -0.4 is 0 Å². The van der Waals surface area contributed by atoms with Gasteiger partial charge in [0.25, 0.3) is 0 Å². The first kappa shape index (κ1) is 93.7. The summed E-state index contributed by atoms with van der Waals surface area (Å²) in [7, 11) is -9.97. The number of hydrogen-bond acceptors (Lipinski definition) is 15. The summed E-state index contributed by atoms with van der Waals surface area (Å²) in [5.74, 6) is -2.29. The van der Waals surface area contributed by atoms with Crippen LogP contribution in [0.15, 0.2) is 109 Å². The first-order valence-corrected chi connectivity index (χ1v) is 41.1. The molecule has 0 fully saturated rings. The zero-order chi connectivity index (χ0) is 71.8. The van der Waals surface area contributed by atoms with E-state index in [9.17, 15) is 43.2 Å². The van der Waals surface area contributed by atoms with Crippen molar-refractivity contribution in [3.63, 3.8) is 0 Å². The lowest BCUT2D eigenvalue weighted by molar-refractivity contribution is -0.161. The maximum Gasteiger partial charge on any atom is 0.472 e. The number of hydrogen-bond donors (Lipinski definition) is 3. The normalized spacial score (nSPS) is 14.6. The molecule has 0 amide bonds. The van der Waals surface area contributed by atoms with Gasteiger partial charge in [-0.2, -0.15) is 0 Å². The van der Waals surface area contributed by atoms with Gasteiger partial charge in [0.05, 0.1) is 26.4 Å². The van der Waals surface area contributed by atoms with Crippen molar-refractivity contribution >= 4 is 39.5 Å². The molecule has 5 atom stereocenters. The quantitative estimate of drug-likeness (QED) is 0.0169. The second-order valence-electron chi connectivity index (χ2n) is 25.2. The molecule has 0 spiro atoms. The van der Waals surface area contributed by atoms with E-state index in [2.05, 4.69) is 119 Å². The first-order valence-electron chi connectivity index (χ1n) is 38.1. The van der Waals surface area contributed by atoms with Gasteiger partial charge in [-0.15, -0.1) is 0 Å². The third-order valence-electron chi connectivity index (χ3n) is 15.7. The van der Waals surface area contributed by atoms with E-state index >= 15 is 0 Å². The maximum absolute atomic E-state index is 13.1. The molecule has 0 aromatic heterocycles. The predicted octanol–water partition coefficient (Wildman–Crippen LogP) is 21.8. The Morgan fingerprint density at radius 2 is 0.551 bits per heavy atom. The largest absolute Gasteiger partial charge is 0.472 e. The van der Waals surface area contributed by atoms with Gasteiger partial charge in [-0.25, -0.2) is 9.13 Å². The van der Waals surface area contributed by atoms with Crippen LogP contribution in [0.25, 0.3) is 0 Å². The summed E-state index contributed by atoms with van der Waals surface area (Å²) < 4.78 is 68.3. The Hall–Kier alpha value is -4.28. The molecule has 98 heavy (non-hydrogen) atoms. The predicted molar refractivity (Wildman–Crippen MR) is 399 cm³/mol. The molecule has 0 aliphatic carbocycles. The molecule has 564 valence electrons. The van der Waals surface area contributed by atoms with Gasteiger partial charge in [-0.05, 0) is 141 Å². The number of carbonyl (C=O) groups is 4. The van der Waals surface area contributed by atoms with Gasteiger partial charge in [0.2, 0.25) is 0 Å². The minimum absolute atomic E-state index is 0.0336. The highest BCUT2D eigenvalue weighted by atomic mass is 31.2. The molecule has 0 bridgehead atoms. The monoisotopic (exact) mass is 1420 g/mol. The summed E-state index contributed by atoms with van der Waals surface area (Å²) in [6.45, 7) is 4.61. The molecule has 0 aromatic carbocycles. The van der Waals surface area contributed by atoms with E-state index in [-0.39, 0.29) is 25.7 Å². The van der Waals surface area contributed by atoms with Gasteiger partial charge < -0.3 is 33.8 Å². The van der Waals surface area contributed by atoms with Crippen molar-refractivity contribution in [3.05, 3.63) is 109 Å². The fourth-order valence-electron chi connectivity index (χ4n) is 9.88. The number of phosphoric ester groups is 2. The first-order chi connectivity index (χ1) is 47.7. The van der Waals surface area contributed by atoms with Crippen molar-refractivity contribution < 1.29 is 80.2 Å². The SMILES string of the molecule is CC/C=C\C/C=C\C/C=C\C/C=C\C/C=C\C/C=C\CCC(=O)OC[C@H](COP(=O)(O)OC[C@@H](O)COP(=O)(O)OC[C@@H](COC(=O)CCCCCCC/C=C\CCCCCC)OC(=O)CCCCCCC/C=C\CCCCCC)OC(=O)CCCCCCC/C=C\CCCCCC. The summed E-state index contributed by atoms with van der Waals surface area (Å²) in [6, 6.07) is 0. The number of unbranched alkanes of at least 4 members (excludes halogenated alkanes) is 27. The molecule has 0 saturated carbocycles. The summed E-state index contributed by atoms with van der Waals surface area (Å²) >= 11 is 0. The molecule has 0 rings (SSSR count). The van der Waals surface area contributed by atoms with Crippen LogP contribution in [0.2, 0.25) is 0 Å². The number of aliphatic hydroxyl groups is 1. The minimum atomic E-state index is -4.99.